The number of nitrogens with one attached hydrogen (secondary N) is 1. The largest absolute Gasteiger partial charge is 0.374 e. The maximum atomic E-state index is 5.89. The van der Waals surface area contributed by atoms with Gasteiger partial charge in [-0.15, -0.1) is 0 Å². The van der Waals surface area contributed by atoms with E-state index < -0.39 is 0 Å². The fraction of sp³-hybridized carbons (Fsp3) is 0.579. The van der Waals surface area contributed by atoms with E-state index in [0.29, 0.717) is 11.3 Å². The number of fused-ring (bicyclic) bond motifs is 1. The molecular formula is C19H31N3O. The van der Waals surface area contributed by atoms with Crippen LogP contribution in [0.2, 0.25) is 0 Å². The molecule has 3 atom stereocenters. The first-order valence-electron chi connectivity index (χ1n) is 8.42. The van der Waals surface area contributed by atoms with Crippen LogP contribution in [0.15, 0.2) is 49.6 Å². The van der Waals surface area contributed by atoms with Gasteiger partial charge in [0.2, 0.25) is 0 Å². The molecule has 4 nitrogen and oxygen atoms in total. The normalized spacial score (nSPS) is 31.5. The molecule has 1 aliphatic carbocycles. The van der Waals surface area contributed by atoms with Crippen LogP contribution in [-0.4, -0.2) is 27.4 Å². The topological polar surface area (TPSA) is 50.8 Å². The van der Waals surface area contributed by atoms with Gasteiger partial charge in [0.1, 0.15) is 12.7 Å². The summed E-state index contributed by atoms with van der Waals surface area (Å²) in [6.45, 7) is 17.2. The highest BCUT2D eigenvalue weighted by molar-refractivity contribution is 5.24. The lowest BCUT2D eigenvalue weighted by Crippen LogP contribution is -2.59. The number of rotatable bonds is 4. The Morgan fingerprint density at radius 1 is 1.39 bits per heavy atom. The van der Waals surface area contributed by atoms with Crippen LogP contribution in [0.4, 0.5) is 0 Å². The van der Waals surface area contributed by atoms with Crippen LogP contribution in [0.25, 0.3) is 0 Å². The molecule has 4 heteroatoms. The molecule has 2 fully saturated rings. The van der Waals surface area contributed by atoms with E-state index in [0.717, 1.165) is 13.0 Å². The SMILES string of the molecule is C=C/C=C(\C=C)CC1CCC2(C)COC12C.CC.c1nc[nH]n1. The third-order valence-electron chi connectivity index (χ3n) is 5.12. The third kappa shape index (κ3) is 4.20. The highest BCUT2D eigenvalue weighted by Gasteiger charge is 2.62. The zero-order valence-corrected chi connectivity index (χ0v) is 15.0. The minimum Gasteiger partial charge on any atom is -0.374 e. The van der Waals surface area contributed by atoms with Crippen LogP contribution >= 0.6 is 0 Å². The minimum absolute atomic E-state index is 0.0935. The molecule has 0 bridgehead atoms. The molecule has 0 aromatic carbocycles. The first-order valence-corrected chi connectivity index (χ1v) is 8.42. The minimum atomic E-state index is 0.0935. The van der Waals surface area contributed by atoms with Crippen molar-refractivity contribution in [2.45, 2.75) is 52.6 Å². The number of aromatic nitrogens is 3. The lowest BCUT2D eigenvalue weighted by atomic mass is 9.68. The van der Waals surface area contributed by atoms with Crippen molar-refractivity contribution in [1.82, 2.24) is 15.2 Å². The summed E-state index contributed by atoms with van der Waals surface area (Å²) in [5, 5.41) is 5.99. The molecule has 1 aromatic heterocycles. The van der Waals surface area contributed by atoms with E-state index in [1.165, 1.54) is 31.1 Å². The number of nitrogens with zero attached hydrogens (tertiary/aromatic N) is 2. The Labute approximate surface area is 140 Å². The summed E-state index contributed by atoms with van der Waals surface area (Å²) in [6, 6.07) is 0. The molecule has 0 spiro atoms. The van der Waals surface area contributed by atoms with Gasteiger partial charge in [0.25, 0.3) is 0 Å². The van der Waals surface area contributed by atoms with Gasteiger partial charge < -0.3 is 4.74 Å². The molecular weight excluding hydrogens is 286 g/mol. The second-order valence-electron chi connectivity index (χ2n) is 6.23. The fourth-order valence-electron chi connectivity index (χ4n) is 3.36. The third-order valence-corrected chi connectivity index (χ3v) is 5.12. The predicted octanol–water partition coefficient (Wildman–Crippen LogP) is 4.71. The number of ether oxygens (including phenoxy) is 1. The van der Waals surface area contributed by atoms with Gasteiger partial charge >= 0.3 is 0 Å². The number of aromatic amines is 1. The van der Waals surface area contributed by atoms with Crippen molar-refractivity contribution in [3.8, 4) is 0 Å². The molecule has 2 heterocycles. The van der Waals surface area contributed by atoms with Crippen LogP contribution in [0.1, 0.15) is 47.0 Å². The molecule has 3 rings (SSSR count). The summed E-state index contributed by atoms with van der Waals surface area (Å²) >= 11 is 0. The average Bonchev–Trinajstić information content (AvgIpc) is 3.21. The van der Waals surface area contributed by atoms with Gasteiger partial charge in [-0.05, 0) is 37.7 Å². The molecule has 0 amide bonds. The van der Waals surface area contributed by atoms with Crippen molar-refractivity contribution in [3.05, 3.63) is 49.6 Å². The number of allylic oxidation sites excluding steroid dienone is 4. The second kappa shape index (κ2) is 8.82. The first-order chi connectivity index (χ1) is 11.1. The highest BCUT2D eigenvalue weighted by atomic mass is 16.5. The van der Waals surface area contributed by atoms with E-state index in [9.17, 15) is 0 Å². The van der Waals surface area contributed by atoms with E-state index in [1.807, 2.05) is 26.0 Å². The second-order valence-corrected chi connectivity index (χ2v) is 6.23. The monoisotopic (exact) mass is 317 g/mol. The summed E-state index contributed by atoms with van der Waals surface area (Å²) in [4.78, 5) is 3.56. The molecule has 2 aliphatic rings. The van der Waals surface area contributed by atoms with Gasteiger partial charge in [0.15, 0.2) is 0 Å². The standard InChI is InChI=1S/C15H22O.C2H3N3.C2H6/c1-5-7-12(6-2)10-13-8-9-14(3)11-16-15(13,14)4;1-3-2-5-4-1;1-2/h5-7,13H,1-2,8-11H2,3-4H3;1-2H,(H,3,4,5);1-2H3/b12-7+;;. The predicted molar refractivity (Wildman–Crippen MR) is 96.0 cm³/mol. The molecule has 128 valence electrons. The van der Waals surface area contributed by atoms with Gasteiger partial charge in [0, 0.05) is 5.41 Å². The Morgan fingerprint density at radius 2 is 2.13 bits per heavy atom. The van der Waals surface area contributed by atoms with Crippen molar-refractivity contribution in [2.75, 3.05) is 6.61 Å². The molecule has 1 saturated heterocycles. The van der Waals surface area contributed by atoms with Gasteiger partial charge in [0.05, 0.1) is 12.2 Å². The summed E-state index contributed by atoms with van der Waals surface area (Å²) in [5.74, 6) is 0.635. The Bertz CT molecular complexity index is 491. The molecule has 1 aliphatic heterocycles. The van der Waals surface area contributed by atoms with Crippen molar-refractivity contribution >= 4 is 0 Å². The smallest absolute Gasteiger partial charge is 0.137 e. The molecule has 1 N–H and O–H groups in total. The zero-order valence-electron chi connectivity index (χ0n) is 15.0. The van der Waals surface area contributed by atoms with E-state index >= 15 is 0 Å². The molecule has 23 heavy (non-hydrogen) atoms. The maximum absolute atomic E-state index is 5.89. The fourth-order valence-corrected chi connectivity index (χ4v) is 3.36. The van der Waals surface area contributed by atoms with E-state index in [2.05, 4.69) is 48.3 Å². The summed E-state index contributed by atoms with van der Waals surface area (Å²) in [7, 11) is 0. The van der Waals surface area contributed by atoms with Gasteiger partial charge in [-0.1, -0.05) is 52.2 Å². The average molecular weight is 317 g/mol. The maximum Gasteiger partial charge on any atom is 0.137 e. The van der Waals surface area contributed by atoms with Crippen LogP contribution in [0.3, 0.4) is 0 Å². The van der Waals surface area contributed by atoms with E-state index in [1.54, 1.807) is 0 Å². The van der Waals surface area contributed by atoms with Crippen LogP contribution in [0.5, 0.6) is 0 Å². The van der Waals surface area contributed by atoms with Gasteiger partial charge in [-0.2, -0.15) is 5.10 Å². The molecule has 0 radical (unpaired) electrons. The summed E-state index contributed by atoms with van der Waals surface area (Å²) < 4.78 is 5.89. The highest BCUT2D eigenvalue weighted by Crippen LogP contribution is 2.60. The lowest BCUT2D eigenvalue weighted by molar-refractivity contribution is -0.249. The van der Waals surface area contributed by atoms with Crippen molar-refractivity contribution < 1.29 is 4.74 Å². The van der Waals surface area contributed by atoms with Crippen molar-refractivity contribution in [2.24, 2.45) is 11.3 Å². The van der Waals surface area contributed by atoms with E-state index in [-0.39, 0.29) is 5.60 Å². The lowest BCUT2D eigenvalue weighted by Gasteiger charge is -2.54. The van der Waals surface area contributed by atoms with Crippen molar-refractivity contribution in [3.63, 3.8) is 0 Å². The number of hydrogen-bond acceptors (Lipinski definition) is 3. The van der Waals surface area contributed by atoms with E-state index in [4.69, 9.17) is 4.74 Å². The first kappa shape index (κ1) is 19.4. The Morgan fingerprint density at radius 3 is 2.48 bits per heavy atom. The quantitative estimate of drug-likeness (QED) is 0.818. The Kier molecular flexibility index (Phi) is 7.43. The molecule has 3 unspecified atom stereocenters. The van der Waals surface area contributed by atoms with Gasteiger partial charge in [-0.25, -0.2) is 4.98 Å². The molecule has 1 aromatic rings. The Hall–Kier alpha value is -1.68. The van der Waals surface area contributed by atoms with Gasteiger partial charge in [-0.3, -0.25) is 5.10 Å². The van der Waals surface area contributed by atoms with Crippen LogP contribution in [-0.2, 0) is 4.74 Å². The van der Waals surface area contributed by atoms with Crippen LogP contribution in [0, 0.1) is 11.3 Å². The van der Waals surface area contributed by atoms with Crippen LogP contribution < -0.4 is 0 Å². The number of hydrogen-bond donors (Lipinski definition) is 1. The summed E-state index contributed by atoms with van der Waals surface area (Å²) in [6.07, 6.45) is 12.4. The Balaban J connectivity index is 0.000000317. The number of H-pyrrole nitrogens is 1. The summed E-state index contributed by atoms with van der Waals surface area (Å²) in [5.41, 5.74) is 1.79. The molecule has 1 saturated carbocycles. The van der Waals surface area contributed by atoms with Crippen molar-refractivity contribution in [1.29, 1.82) is 0 Å². The zero-order chi connectivity index (χ0) is 17.3.